The van der Waals surface area contributed by atoms with E-state index >= 15 is 0 Å². The molecule has 0 aliphatic carbocycles. The molecule has 0 amide bonds. The quantitative estimate of drug-likeness (QED) is 0.609. The SMILES string of the molecule is Nc1cc(N)c(Nc2ccc3ccccc3c2)c(F)c1Cl. The largest absolute Gasteiger partial charge is 0.397 e. The van der Waals surface area contributed by atoms with Gasteiger partial charge in [0.2, 0.25) is 0 Å². The van der Waals surface area contributed by atoms with Gasteiger partial charge in [-0.05, 0) is 29.0 Å². The van der Waals surface area contributed by atoms with Gasteiger partial charge in [0.25, 0.3) is 0 Å². The number of nitrogens with one attached hydrogen (secondary N) is 1. The minimum absolute atomic E-state index is 0.121. The number of benzene rings is 3. The molecule has 106 valence electrons. The van der Waals surface area contributed by atoms with Crippen molar-refractivity contribution in [1.29, 1.82) is 0 Å². The summed E-state index contributed by atoms with van der Waals surface area (Å²) in [5.74, 6) is -0.651. The number of nitrogen functional groups attached to an aromatic ring is 2. The zero-order chi connectivity index (χ0) is 15.0. The minimum Gasteiger partial charge on any atom is -0.397 e. The van der Waals surface area contributed by atoms with E-state index in [1.54, 1.807) is 0 Å². The molecule has 3 nitrogen and oxygen atoms in total. The molecule has 21 heavy (non-hydrogen) atoms. The van der Waals surface area contributed by atoms with Gasteiger partial charge in [0.05, 0.1) is 17.1 Å². The second kappa shape index (κ2) is 5.14. The second-order valence-corrected chi connectivity index (χ2v) is 5.12. The fourth-order valence-corrected chi connectivity index (χ4v) is 2.35. The molecule has 3 aromatic carbocycles. The van der Waals surface area contributed by atoms with E-state index in [1.807, 2.05) is 42.5 Å². The molecule has 0 saturated carbocycles. The Morgan fingerprint density at radius 1 is 0.905 bits per heavy atom. The van der Waals surface area contributed by atoms with Gasteiger partial charge in [-0.2, -0.15) is 0 Å². The van der Waals surface area contributed by atoms with Crippen LogP contribution in [0.4, 0.5) is 27.1 Å². The number of fused-ring (bicyclic) bond motifs is 1. The third kappa shape index (κ3) is 2.45. The Bertz CT molecular complexity index is 833. The zero-order valence-corrected chi connectivity index (χ0v) is 11.8. The highest BCUT2D eigenvalue weighted by Gasteiger charge is 2.14. The van der Waals surface area contributed by atoms with E-state index in [0.29, 0.717) is 0 Å². The van der Waals surface area contributed by atoms with Crippen molar-refractivity contribution < 1.29 is 4.39 Å². The van der Waals surface area contributed by atoms with E-state index in [4.69, 9.17) is 23.1 Å². The average molecular weight is 302 g/mol. The van der Waals surface area contributed by atoms with Crippen molar-refractivity contribution >= 4 is 45.1 Å². The lowest BCUT2D eigenvalue weighted by Crippen LogP contribution is -2.02. The van der Waals surface area contributed by atoms with Gasteiger partial charge < -0.3 is 16.8 Å². The number of hydrogen-bond donors (Lipinski definition) is 3. The molecule has 0 unspecified atom stereocenters. The van der Waals surface area contributed by atoms with Crippen molar-refractivity contribution in [3.8, 4) is 0 Å². The molecular formula is C16H13ClFN3. The molecule has 0 heterocycles. The Morgan fingerprint density at radius 2 is 1.62 bits per heavy atom. The van der Waals surface area contributed by atoms with Gasteiger partial charge in [0.15, 0.2) is 5.82 Å². The first-order valence-corrected chi connectivity index (χ1v) is 6.73. The first kappa shape index (κ1) is 13.5. The lowest BCUT2D eigenvalue weighted by Gasteiger charge is -2.13. The lowest BCUT2D eigenvalue weighted by molar-refractivity contribution is 0.633. The Labute approximate surface area is 126 Å². The fraction of sp³-hybridized carbons (Fsp3) is 0. The van der Waals surface area contributed by atoms with Crippen LogP contribution in [0.1, 0.15) is 0 Å². The van der Waals surface area contributed by atoms with Crippen molar-refractivity contribution in [3.05, 3.63) is 59.4 Å². The van der Waals surface area contributed by atoms with E-state index in [-0.39, 0.29) is 22.1 Å². The molecule has 0 fully saturated rings. The summed E-state index contributed by atoms with van der Waals surface area (Å²) in [6, 6.07) is 15.1. The molecule has 0 radical (unpaired) electrons. The summed E-state index contributed by atoms with van der Waals surface area (Å²) >= 11 is 5.82. The van der Waals surface area contributed by atoms with Crippen LogP contribution in [0.3, 0.4) is 0 Å². The monoisotopic (exact) mass is 301 g/mol. The van der Waals surface area contributed by atoms with Gasteiger partial charge in [-0.3, -0.25) is 0 Å². The molecule has 3 rings (SSSR count). The molecule has 0 spiro atoms. The number of rotatable bonds is 2. The minimum atomic E-state index is -0.651. The van der Waals surface area contributed by atoms with Crippen LogP contribution in [-0.4, -0.2) is 0 Å². The molecule has 0 atom stereocenters. The second-order valence-electron chi connectivity index (χ2n) is 4.74. The predicted octanol–water partition coefficient (Wildman–Crippen LogP) is 4.54. The number of nitrogens with two attached hydrogens (primary N) is 2. The van der Waals surface area contributed by atoms with E-state index in [1.165, 1.54) is 6.07 Å². The Kier molecular flexibility index (Phi) is 3.31. The first-order chi connectivity index (χ1) is 10.1. The van der Waals surface area contributed by atoms with Crippen LogP contribution in [0.5, 0.6) is 0 Å². The summed E-state index contributed by atoms with van der Waals surface area (Å²) in [6.07, 6.45) is 0. The van der Waals surface area contributed by atoms with Gasteiger partial charge in [0, 0.05) is 5.69 Å². The first-order valence-electron chi connectivity index (χ1n) is 6.35. The highest BCUT2D eigenvalue weighted by molar-refractivity contribution is 6.33. The van der Waals surface area contributed by atoms with E-state index in [2.05, 4.69) is 5.32 Å². The summed E-state index contributed by atoms with van der Waals surface area (Å²) < 4.78 is 14.2. The summed E-state index contributed by atoms with van der Waals surface area (Å²) in [6.45, 7) is 0. The Morgan fingerprint density at radius 3 is 2.38 bits per heavy atom. The van der Waals surface area contributed by atoms with Gasteiger partial charge >= 0.3 is 0 Å². The molecule has 5 heteroatoms. The van der Waals surface area contributed by atoms with E-state index < -0.39 is 5.82 Å². The standard InChI is InChI=1S/C16H13ClFN3/c17-14-12(19)8-13(20)16(15(14)18)21-11-6-5-9-3-1-2-4-10(9)7-11/h1-8,21H,19-20H2. The Hall–Kier alpha value is -2.46. The van der Waals surface area contributed by atoms with Gasteiger partial charge in [0.1, 0.15) is 5.02 Å². The van der Waals surface area contributed by atoms with Crippen LogP contribution < -0.4 is 16.8 Å². The lowest BCUT2D eigenvalue weighted by atomic mass is 10.1. The Balaban J connectivity index is 2.04. The molecule has 5 N–H and O–H groups in total. The predicted molar refractivity (Wildman–Crippen MR) is 87.5 cm³/mol. The van der Waals surface area contributed by atoms with Gasteiger partial charge in [-0.1, -0.05) is 41.9 Å². The summed E-state index contributed by atoms with van der Waals surface area (Å²) in [4.78, 5) is 0. The average Bonchev–Trinajstić information content (AvgIpc) is 2.49. The van der Waals surface area contributed by atoms with Gasteiger partial charge in [-0.25, -0.2) is 4.39 Å². The van der Waals surface area contributed by atoms with E-state index in [9.17, 15) is 4.39 Å². The van der Waals surface area contributed by atoms with Gasteiger partial charge in [-0.15, -0.1) is 0 Å². The maximum Gasteiger partial charge on any atom is 0.169 e. The van der Waals surface area contributed by atoms with Crippen LogP contribution >= 0.6 is 11.6 Å². The van der Waals surface area contributed by atoms with Crippen LogP contribution in [0.15, 0.2) is 48.5 Å². The number of anilines is 4. The number of hydrogen-bond acceptors (Lipinski definition) is 3. The molecule has 3 aromatic rings. The summed E-state index contributed by atoms with van der Waals surface area (Å²) in [7, 11) is 0. The molecule has 0 bridgehead atoms. The van der Waals surface area contributed by atoms with Crippen LogP contribution in [0.2, 0.25) is 5.02 Å². The number of halogens is 2. The zero-order valence-electron chi connectivity index (χ0n) is 11.0. The van der Waals surface area contributed by atoms with Crippen LogP contribution in [0.25, 0.3) is 10.8 Å². The third-order valence-electron chi connectivity index (χ3n) is 3.28. The van der Waals surface area contributed by atoms with Crippen molar-refractivity contribution in [2.75, 3.05) is 16.8 Å². The van der Waals surface area contributed by atoms with E-state index in [0.717, 1.165) is 16.5 Å². The highest BCUT2D eigenvalue weighted by atomic mass is 35.5. The van der Waals surface area contributed by atoms with Crippen molar-refractivity contribution in [1.82, 2.24) is 0 Å². The molecular weight excluding hydrogens is 289 g/mol. The normalized spacial score (nSPS) is 10.8. The van der Waals surface area contributed by atoms with Crippen LogP contribution in [-0.2, 0) is 0 Å². The molecule has 0 aromatic heterocycles. The molecule has 0 saturated heterocycles. The maximum atomic E-state index is 14.2. The maximum absolute atomic E-state index is 14.2. The third-order valence-corrected chi connectivity index (χ3v) is 3.67. The summed E-state index contributed by atoms with van der Waals surface area (Å²) in [5.41, 5.74) is 12.6. The van der Waals surface area contributed by atoms with Crippen molar-refractivity contribution in [2.24, 2.45) is 0 Å². The topological polar surface area (TPSA) is 64.1 Å². The smallest absolute Gasteiger partial charge is 0.169 e. The highest BCUT2D eigenvalue weighted by Crippen LogP contribution is 2.35. The van der Waals surface area contributed by atoms with Crippen LogP contribution in [0, 0.1) is 5.82 Å². The van der Waals surface area contributed by atoms with Crippen molar-refractivity contribution in [3.63, 3.8) is 0 Å². The molecule has 0 aliphatic heterocycles. The summed E-state index contributed by atoms with van der Waals surface area (Å²) in [5, 5.41) is 4.98. The fourth-order valence-electron chi connectivity index (χ4n) is 2.20. The van der Waals surface area contributed by atoms with Crippen molar-refractivity contribution in [2.45, 2.75) is 0 Å². The molecule has 0 aliphatic rings.